The largest absolute Gasteiger partial charge is 0.361 e. The zero-order valence-electron chi connectivity index (χ0n) is 6.88. The molecule has 4 heteroatoms. The summed E-state index contributed by atoms with van der Waals surface area (Å²) in [6.07, 6.45) is 5.17. The number of rotatable bonds is 4. The number of nitrogens with one attached hydrogen (secondary N) is 1. The topological polar surface area (TPSA) is 24.9 Å². The third-order valence-corrected chi connectivity index (χ3v) is 2.42. The lowest BCUT2D eigenvalue weighted by Gasteiger charge is -1.97. The van der Waals surface area contributed by atoms with Crippen LogP contribution >= 0.6 is 22.9 Å². The van der Waals surface area contributed by atoms with Crippen molar-refractivity contribution < 1.29 is 0 Å². The van der Waals surface area contributed by atoms with Crippen molar-refractivity contribution in [3.05, 3.63) is 22.7 Å². The number of halogens is 1. The first-order chi connectivity index (χ1) is 5.83. The van der Waals surface area contributed by atoms with Crippen LogP contribution in [0.5, 0.6) is 0 Å². The molecule has 0 amide bonds. The van der Waals surface area contributed by atoms with Gasteiger partial charge in [0, 0.05) is 11.9 Å². The monoisotopic (exact) mass is 202 g/mol. The molecule has 1 N–H and O–H groups in total. The standard InChI is InChI=1S/C8H11ClN2S/c1-2-3-4-5-10-8-11-7(9)6-12-8/h2-3,6H,4-5H2,1H3,(H,10,11)/b3-2+. The Balaban J connectivity index is 2.24. The van der Waals surface area contributed by atoms with Crippen LogP contribution in [0.3, 0.4) is 0 Å². The van der Waals surface area contributed by atoms with Gasteiger partial charge in [-0.3, -0.25) is 0 Å². The van der Waals surface area contributed by atoms with Crippen LogP contribution in [-0.2, 0) is 0 Å². The molecule has 1 rings (SSSR count). The molecule has 1 aromatic rings. The van der Waals surface area contributed by atoms with E-state index in [1.807, 2.05) is 18.4 Å². The molecule has 0 aliphatic heterocycles. The van der Waals surface area contributed by atoms with Crippen LogP contribution in [-0.4, -0.2) is 11.5 Å². The Kier molecular flexibility index (Phi) is 4.11. The molecule has 0 aliphatic carbocycles. The predicted octanol–water partition coefficient (Wildman–Crippen LogP) is 3.17. The Bertz CT molecular complexity index is 257. The molecule has 0 atom stereocenters. The maximum Gasteiger partial charge on any atom is 0.184 e. The number of anilines is 1. The van der Waals surface area contributed by atoms with Gasteiger partial charge in [-0.05, 0) is 13.3 Å². The SMILES string of the molecule is C/C=C/CCNc1nc(Cl)cs1. The van der Waals surface area contributed by atoms with E-state index in [2.05, 4.69) is 16.4 Å². The van der Waals surface area contributed by atoms with Crippen LogP contribution in [0.15, 0.2) is 17.5 Å². The summed E-state index contributed by atoms with van der Waals surface area (Å²) in [5, 5.41) is 6.45. The second-order valence-electron chi connectivity index (χ2n) is 2.26. The van der Waals surface area contributed by atoms with Gasteiger partial charge in [-0.15, -0.1) is 11.3 Å². The quantitative estimate of drug-likeness (QED) is 0.599. The van der Waals surface area contributed by atoms with E-state index in [1.54, 1.807) is 0 Å². The van der Waals surface area contributed by atoms with E-state index < -0.39 is 0 Å². The average Bonchev–Trinajstić information content (AvgIpc) is 2.45. The first-order valence-corrected chi connectivity index (χ1v) is 5.04. The summed E-state index contributed by atoms with van der Waals surface area (Å²) >= 11 is 7.18. The van der Waals surface area contributed by atoms with Gasteiger partial charge in [0.2, 0.25) is 0 Å². The van der Waals surface area contributed by atoms with Crippen molar-refractivity contribution in [1.29, 1.82) is 0 Å². The summed E-state index contributed by atoms with van der Waals surface area (Å²) in [5.74, 6) is 0. The maximum atomic E-state index is 5.65. The Labute approximate surface area is 81.3 Å². The average molecular weight is 203 g/mol. The Hall–Kier alpha value is -0.540. The van der Waals surface area contributed by atoms with Crippen molar-refractivity contribution in [1.82, 2.24) is 4.98 Å². The van der Waals surface area contributed by atoms with Crippen molar-refractivity contribution in [2.24, 2.45) is 0 Å². The number of aromatic nitrogens is 1. The molecule has 1 aromatic heterocycles. The fraction of sp³-hybridized carbons (Fsp3) is 0.375. The minimum Gasteiger partial charge on any atom is -0.361 e. The van der Waals surface area contributed by atoms with Gasteiger partial charge in [0.05, 0.1) is 0 Å². The van der Waals surface area contributed by atoms with E-state index in [-0.39, 0.29) is 0 Å². The van der Waals surface area contributed by atoms with Crippen molar-refractivity contribution in [2.75, 3.05) is 11.9 Å². The molecule has 0 spiro atoms. The van der Waals surface area contributed by atoms with E-state index in [1.165, 1.54) is 11.3 Å². The Morgan fingerprint density at radius 2 is 2.58 bits per heavy atom. The molecular formula is C8H11ClN2S. The van der Waals surface area contributed by atoms with E-state index in [9.17, 15) is 0 Å². The number of allylic oxidation sites excluding steroid dienone is 1. The van der Waals surface area contributed by atoms with Gasteiger partial charge in [0.25, 0.3) is 0 Å². The third kappa shape index (κ3) is 3.24. The zero-order valence-corrected chi connectivity index (χ0v) is 8.45. The van der Waals surface area contributed by atoms with Crippen LogP contribution < -0.4 is 5.32 Å². The van der Waals surface area contributed by atoms with Gasteiger partial charge in [0.15, 0.2) is 5.13 Å². The van der Waals surface area contributed by atoms with Crippen LogP contribution in [0.4, 0.5) is 5.13 Å². The van der Waals surface area contributed by atoms with Crippen LogP contribution in [0.25, 0.3) is 0 Å². The Morgan fingerprint density at radius 1 is 1.75 bits per heavy atom. The minimum atomic E-state index is 0.563. The lowest BCUT2D eigenvalue weighted by atomic mass is 10.4. The summed E-state index contributed by atoms with van der Waals surface area (Å²) < 4.78 is 0. The molecule has 0 radical (unpaired) electrons. The summed E-state index contributed by atoms with van der Waals surface area (Å²) in [4.78, 5) is 4.06. The second-order valence-corrected chi connectivity index (χ2v) is 3.51. The van der Waals surface area contributed by atoms with Gasteiger partial charge in [-0.1, -0.05) is 23.8 Å². The molecule has 2 nitrogen and oxygen atoms in total. The Morgan fingerprint density at radius 3 is 3.17 bits per heavy atom. The molecule has 0 saturated heterocycles. The first-order valence-electron chi connectivity index (χ1n) is 3.79. The van der Waals surface area contributed by atoms with Gasteiger partial charge >= 0.3 is 0 Å². The molecular weight excluding hydrogens is 192 g/mol. The molecule has 12 heavy (non-hydrogen) atoms. The van der Waals surface area contributed by atoms with E-state index in [4.69, 9.17) is 11.6 Å². The highest BCUT2D eigenvalue weighted by molar-refractivity contribution is 7.14. The third-order valence-electron chi connectivity index (χ3n) is 1.30. The lowest BCUT2D eigenvalue weighted by Crippen LogP contribution is -1.98. The fourth-order valence-electron chi connectivity index (χ4n) is 0.764. The summed E-state index contributed by atoms with van der Waals surface area (Å²) in [6, 6.07) is 0. The normalized spacial score (nSPS) is 10.8. The van der Waals surface area contributed by atoms with Crippen LogP contribution in [0.2, 0.25) is 5.15 Å². The van der Waals surface area contributed by atoms with Crippen molar-refractivity contribution >= 4 is 28.1 Å². The molecule has 1 heterocycles. The number of hydrogen-bond acceptors (Lipinski definition) is 3. The highest BCUT2D eigenvalue weighted by Gasteiger charge is 1.95. The summed E-state index contributed by atoms with van der Waals surface area (Å²) in [7, 11) is 0. The van der Waals surface area contributed by atoms with Crippen molar-refractivity contribution in [3.8, 4) is 0 Å². The van der Waals surface area contributed by atoms with Gasteiger partial charge in [-0.2, -0.15) is 0 Å². The molecule has 0 aliphatic rings. The van der Waals surface area contributed by atoms with Gasteiger partial charge in [0.1, 0.15) is 5.15 Å². The molecule has 0 unspecified atom stereocenters. The minimum absolute atomic E-state index is 0.563. The van der Waals surface area contributed by atoms with E-state index >= 15 is 0 Å². The summed E-state index contributed by atoms with van der Waals surface area (Å²) in [6.45, 7) is 2.93. The van der Waals surface area contributed by atoms with E-state index in [0.29, 0.717) is 5.15 Å². The smallest absolute Gasteiger partial charge is 0.184 e. The molecule has 0 aromatic carbocycles. The van der Waals surface area contributed by atoms with Crippen LogP contribution in [0.1, 0.15) is 13.3 Å². The number of nitrogens with zero attached hydrogens (tertiary/aromatic N) is 1. The first kappa shape index (κ1) is 9.55. The summed E-state index contributed by atoms with van der Waals surface area (Å²) in [5.41, 5.74) is 0. The number of hydrogen-bond donors (Lipinski definition) is 1. The van der Waals surface area contributed by atoms with Crippen LogP contribution in [0, 0.1) is 0 Å². The highest BCUT2D eigenvalue weighted by Crippen LogP contribution is 2.18. The highest BCUT2D eigenvalue weighted by atomic mass is 35.5. The molecule has 0 fully saturated rings. The molecule has 0 bridgehead atoms. The molecule has 66 valence electrons. The van der Waals surface area contributed by atoms with E-state index in [0.717, 1.165) is 18.1 Å². The lowest BCUT2D eigenvalue weighted by molar-refractivity contribution is 1.06. The number of thiazole rings is 1. The van der Waals surface area contributed by atoms with Crippen molar-refractivity contribution in [2.45, 2.75) is 13.3 Å². The fourth-order valence-corrected chi connectivity index (χ4v) is 1.63. The maximum absolute atomic E-state index is 5.65. The van der Waals surface area contributed by atoms with Gasteiger partial charge in [-0.25, -0.2) is 4.98 Å². The second kappa shape index (κ2) is 5.17. The van der Waals surface area contributed by atoms with Gasteiger partial charge < -0.3 is 5.32 Å². The molecule has 0 saturated carbocycles. The predicted molar refractivity (Wildman–Crippen MR) is 55.0 cm³/mol. The zero-order chi connectivity index (χ0) is 8.81. The van der Waals surface area contributed by atoms with Crippen molar-refractivity contribution in [3.63, 3.8) is 0 Å².